The number of likely N-dealkylation sites (tertiary alicyclic amines) is 1. The van der Waals surface area contributed by atoms with Gasteiger partial charge in [0.25, 0.3) is 0 Å². The molecule has 4 aromatic carbocycles. The van der Waals surface area contributed by atoms with Gasteiger partial charge in [-0.2, -0.15) is 0 Å². The molecule has 0 saturated carbocycles. The third kappa shape index (κ3) is 8.72. The Labute approximate surface area is 273 Å². The van der Waals surface area contributed by atoms with E-state index in [0.29, 0.717) is 23.0 Å². The summed E-state index contributed by atoms with van der Waals surface area (Å²) in [5.41, 5.74) is 10.6. The molecular formula is C36H36Cl2N4O3. The lowest BCUT2D eigenvalue weighted by molar-refractivity contribution is -0.133. The number of primary amides is 1. The molecule has 4 aromatic rings. The molecule has 0 aliphatic carbocycles. The van der Waals surface area contributed by atoms with E-state index in [9.17, 15) is 14.4 Å². The zero-order valence-electron chi connectivity index (χ0n) is 24.8. The van der Waals surface area contributed by atoms with Crippen molar-refractivity contribution in [1.82, 2.24) is 15.5 Å². The summed E-state index contributed by atoms with van der Waals surface area (Å²) in [4.78, 5) is 41.9. The van der Waals surface area contributed by atoms with E-state index in [2.05, 4.69) is 15.5 Å². The van der Waals surface area contributed by atoms with E-state index in [1.54, 1.807) is 6.07 Å². The highest BCUT2D eigenvalue weighted by molar-refractivity contribution is 6.42. The molecule has 0 bridgehead atoms. The lowest BCUT2D eigenvalue weighted by Gasteiger charge is -2.27. The van der Waals surface area contributed by atoms with E-state index in [4.69, 9.17) is 28.9 Å². The Morgan fingerprint density at radius 2 is 1.33 bits per heavy atom. The Morgan fingerprint density at radius 1 is 0.733 bits per heavy atom. The number of nitrogens with two attached hydrogens (primary N) is 1. The topological polar surface area (TPSA) is 105 Å². The normalized spacial score (nSPS) is 16.1. The molecule has 1 aliphatic heterocycles. The minimum absolute atomic E-state index is 0.224. The van der Waals surface area contributed by atoms with Gasteiger partial charge in [-0.1, -0.05) is 114 Å². The molecule has 0 spiro atoms. The maximum atomic E-state index is 13.7. The number of halogens is 2. The molecule has 1 fully saturated rings. The van der Waals surface area contributed by atoms with Crippen LogP contribution in [0.5, 0.6) is 0 Å². The van der Waals surface area contributed by atoms with Crippen LogP contribution < -0.4 is 16.4 Å². The quantitative estimate of drug-likeness (QED) is 0.188. The first-order valence-corrected chi connectivity index (χ1v) is 15.8. The number of nitrogens with zero attached hydrogens (tertiary/aromatic N) is 1. The molecule has 5 rings (SSSR count). The van der Waals surface area contributed by atoms with Crippen LogP contribution in [0, 0.1) is 0 Å². The second-order valence-corrected chi connectivity index (χ2v) is 12.2. The fourth-order valence-corrected chi connectivity index (χ4v) is 6.03. The van der Waals surface area contributed by atoms with Crippen LogP contribution in [-0.4, -0.2) is 47.3 Å². The highest BCUT2D eigenvalue weighted by Crippen LogP contribution is 2.26. The zero-order valence-corrected chi connectivity index (χ0v) is 26.3. The van der Waals surface area contributed by atoms with Gasteiger partial charge in [0.2, 0.25) is 17.7 Å². The molecule has 9 heteroatoms. The Morgan fingerprint density at radius 3 is 2.00 bits per heavy atom. The first-order chi connectivity index (χ1) is 21.8. The van der Waals surface area contributed by atoms with E-state index in [0.717, 1.165) is 40.8 Å². The molecule has 0 radical (unpaired) electrons. The van der Waals surface area contributed by atoms with Gasteiger partial charge >= 0.3 is 0 Å². The van der Waals surface area contributed by atoms with Crippen LogP contribution >= 0.6 is 23.2 Å². The van der Waals surface area contributed by atoms with Gasteiger partial charge in [0, 0.05) is 19.4 Å². The van der Waals surface area contributed by atoms with E-state index in [1.165, 1.54) is 0 Å². The molecule has 3 atom stereocenters. The van der Waals surface area contributed by atoms with Crippen molar-refractivity contribution in [1.29, 1.82) is 0 Å². The number of carbonyl (C=O) groups excluding carboxylic acids is 3. The lowest BCUT2D eigenvalue weighted by atomic mass is 9.99. The molecule has 1 saturated heterocycles. The van der Waals surface area contributed by atoms with Crippen LogP contribution in [0.1, 0.15) is 29.5 Å². The number of benzene rings is 4. The van der Waals surface area contributed by atoms with Crippen molar-refractivity contribution in [3.8, 4) is 11.1 Å². The van der Waals surface area contributed by atoms with Crippen molar-refractivity contribution in [2.45, 2.75) is 50.4 Å². The van der Waals surface area contributed by atoms with Crippen molar-refractivity contribution in [2.24, 2.45) is 5.73 Å². The number of nitrogens with one attached hydrogen (secondary N) is 2. The van der Waals surface area contributed by atoms with Crippen molar-refractivity contribution in [2.75, 3.05) is 6.54 Å². The molecule has 45 heavy (non-hydrogen) atoms. The minimum Gasteiger partial charge on any atom is -0.368 e. The zero-order chi connectivity index (χ0) is 31.8. The van der Waals surface area contributed by atoms with Gasteiger partial charge in [-0.3, -0.25) is 19.3 Å². The molecule has 0 aromatic heterocycles. The molecule has 1 aliphatic rings. The van der Waals surface area contributed by atoms with Gasteiger partial charge in [-0.15, -0.1) is 0 Å². The molecule has 1 heterocycles. The van der Waals surface area contributed by atoms with Crippen molar-refractivity contribution >= 4 is 40.9 Å². The first kappa shape index (κ1) is 32.2. The van der Waals surface area contributed by atoms with Crippen LogP contribution in [0.3, 0.4) is 0 Å². The number of rotatable bonds is 12. The summed E-state index contributed by atoms with van der Waals surface area (Å²) in [5.74, 6) is -1.36. The Bertz CT molecular complexity index is 1620. The Balaban J connectivity index is 1.28. The van der Waals surface area contributed by atoms with Crippen LogP contribution in [0.15, 0.2) is 103 Å². The van der Waals surface area contributed by atoms with Crippen LogP contribution in [-0.2, 0) is 33.8 Å². The second kappa shape index (κ2) is 15.2. The van der Waals surface area contributed by atoms with Gasteiger partial charge < -0.3 is 16.4 Å². The predicted molar refractivity (Wildman–Crippen MR) is 179 cm³/mol. The fourth-order valence-electron chi connectivity index (χ4n) is 5.71. The summed E-state index contributed by atoms with van der Waals surface area (Å²) in [6.07, 6.45) is 1.99. The molecular weight excluding hydrogens is 607 g/mol. The van der Waals surface area contributed by atoms with E-state index >= 15 is 0 Å². The number of amides is 3. The van der Waals surface area contributed by atoms with Crippen LogP contribution in [0.25, 0.3) is 11.1 Å². The fraction of sp³-hybridized carbons (Fsp3) is 0.250. The van der Waals surface area contributed by atoms with Gasteiger partial charge in [0.1, 0.15) is 12.1 Å². The summed E-state index contributed by atoms with van der Waals surface area (Å²) in [6.45, 7) is 1.26. The lowest BCUT2D eigenvalue weighted by Crippen LogP contribution is -2.56. The third-order valence-electron chi connectivity index (χ3n) is 8.11. The van der Waals surface area contributed by atoms with Crippen LogP contribution in [0.4, 0.5) is 0 Å². The van der Waals surface area contributed by atoms with Gasteiger partial charge in [-0.05, 0) is 59.3 Å². The minimum atomic E-state index is -0.951. The molecule has 232 valence electrons. The predicted octanol–water partition coefficient (Wildman–Crippen LogP) is 5.57. The number of hydrogen-bond donors (Lipinski definition) is 3. The molecule has 3 amide bonds. The third-order valence-corrected chi connectivity index (χ3v) is 8.85. The highest BCUT2D eigenvalue weighted by atomic mass is 35.5. The Kier molecular flexibility index (Phi) is 10.9. The molecule has 4 N–H and O–H groups in total. The number of hydrogen-bond acceptors (Lipinski definition) is 4. The highest BCUT2D eigenvalue weighted by Gasteiger charge is 2.34. The summed E-state index contributed by atoms with van der Waals surface area (Å²) >= 11 is 12.3. The standard InChI is InChI=1S/C36H36Cl2N4O3/c37-29-18-15-26(20-30(29)38)23-42-19-7-12-33(42)36(45)41-32(22-24-8-3-1-4-9-24)35(44)40-31(34(39)43)21-25-13-16-28(17-14-25)27-10-5-2-6-11-27/h1-6,8-11,13-18,20,31-33H,7,12,19,21-23H2,(H2,39,43)(H,40,44)(H,41,45)/t31-,32-,33?/m0/s1. The molecule has 1 unspecified atom stereocenters. The maximum absolute atomic E-state index is 13.7. The second-order valence-electron chi connectivity index (χ2n) is 11.4. The van der Waals surface area contributed by atoms with Crippen molar-refractivity contribution in [3.05, 3.63) is 130 Å². The summed E-state index contributed by atoms with van der Waals surface area (Å²) in [7, 11) is 0. The summed E-state index contributed by atoms with van der Waals surface area (Å²) in [6, 6.07) is 30.4. The monoisotopic (exact) mass is 642 g/mol. The average molecular weight is 644 g/mol. The first-order valence-electron chi connectivity index (χ1n) is 15.0. The van der Waals surface area contributed by atoms with E-state index in [-0.39, 0.29) is 18.7 Å². The largest absolute Gasteiger partial charge is 0.368 e. The van der Waals surface area contributed by atoms with Gasteiger partial charge in [0.15, 0.2) is 0 Å². The van der Waals surface area contributed by atoms with Gasteiger partial charge in [0.05, 0.1) is 16.1 Å². The van der Waals surface area contributed by atoms with E-state index < -0.39 is 29.9 Å². The molecule has 7 nitrogen and oxygen atoms in total. The smallest absolute Gasteiger partial charge is 0.243 e. The summed E-state index contributed by atoms with van der Waals surface area (Å²) in [5, 5.41) is 6.75. The van der Waals surface area contributed by atoms with Crippen molar-refractivity contribution < 1.29 is 14.4 Å². The van der Waals surface area contributed by atoms with Gasteiger partial charge in [-0.25, -0.2) is 0 Å². The average Bonchev–Trinajstić information content (AvgIpc) is 3.51. The SMILES string of the molecule is NC(=O)[C@H](Cc1ccc(-c2ccccc2)cc1)NC(=O)[C@H](Cc1ccccc1)NC(=O)C1CCCN1Cc1ccc(Cl)c(Cl)c1. The number of carbonyl (C=O) groups is 3. The van der Waals surface area contributed by atoms with Crippen LogP contribution in [0.2, 0.25) is 10.0 Å². The summed E-state index contributed by atoms with van der Waals surface area (Å²) < 4.78 is 0. The van der Waals surface area contributed by atoms with Crippen molar-refractivity contribution in [3.63, 3.8) is 0 Å². The maximum Gasteiger partial charge on any atom is 0.243 e. The van der Waals surface area contributed by atoms with E-state index in [1.807, 2.05) is 97.1 Å². The Hall–Kier alpha value is -4.17.